The highest BCUT2D eigenvalue weighted by atomic mass is 16.5. The van der Waals surface area contributed by atoms with E-state index < -0.39 is 18.2 Å². The summed E-state index contributed by atoms with van der Waals surface area (Å²) in [5, 5.41) is 23.8. The average Bonchev–Trinajstić information content (AvgIpc) is 3.26. The number of allylic oxidation sites excluding steroid dienone is 6. The Bertz CT molecular complexity index is 1020. The van der Waals surface area contributed by atoms with Gasteiger partial charge in [0.15, 0.2) is 0 Å². The Morgan fingerprint density at radius 3 is 1.31 bits per heavy atom. The molecule has 62 heavy (non-hydrogen) atoms. The molecule has 3 atom stereocenters. The van der Waals surface area contributed by atoms with Crippen LogP contribution in [-0.2, 0) is 14.3 Å². The molecule has 0 saturated heterocycles. The van der Waals surface area contributed by atoms with Crippen molar-refractivity contribution in [2.45, 2.75) is 302 Å². The van der Waals surface area contributed by atoms with E-state index in [-0.39, 0.29) is 24.9 Å². The second kappa shape index (κ2) is 50.1. The summed E-state index contributed by atoms with van der Waals surface area (Å²) in [5.41, 5.74) is 0. The molecule has 1 amide bonds. The lowest BCUT2D eigenvalue weighted by Gasteiger charge is -2.24. The van der Waals surface area contributed by atoms with Gasteiger partial charge < -0.3 is 20.3 Å². The van der Waals surface area contributed by atoms with Gasteiger partial charge in [0.1, 0.15) is 6.10 Å². The maximum absolute atomic E-state index is 13.2. The second-order valence-corrected chi connectivity index (χ2v) is 18.7. The fourth-order valence-electron chi connectivity index (χ4n) is 8.43. The fourth-order valence-corrected chi connectivity index (χ4v) is 8.43. The summed E-state index contributed by atoms with van der Waals surface area (Å²) in [6.07, 6.45) is 59.3. The first-order chi connectivity index (χ1) is 30.5. The predicted molar refractivity (Wildman–Crippen MR) is 269 cm³/mol. The van der Waals surface area contributed by atoms with Crippen LogP contribution in [0.4, 0.5) is 0 Å². The molecule has 6 heteroatoms. The van der Waals surface area contributed by atoms with Gasteiger partial charge >= 0.3 is 5.97 Å². The Kier molecular flexibility index (Phi) is 48.5. The minimum absolute atomic E-state index is 0.0584. The van der Waals surface area contributed by atoms with Crippen LogP contribution in [-0.4, -0.2) is 46.9 Å². The highest BCUT2D eigenvalue weighted by molar-refractivity contribution is 5.77. The van der Waals surface area contributed by atoms with Crippen LogP contribution in [0, 0.1) is 0 Å². The molecule has 0 aromatic heterocycles. The van der Waals surface area contributed by atoms with Gasteiger partial charge in [0.05, 0.1) is 25.2 Å². The number of hydrogen-bond donors (Lipinski definition) is 3. The predicted octanol–water partition coefficient (Wildman–Crippen LogP) is 16.5. The van der Waals surface area contributed by atoms with E-state index in [1.54, 1.807) is 0 Å². The quantitative estimate of drug-likeness (QED) is 0.0321. The number of unbranched alkanes of at least 4 members (excludes halogenated alkanes) is 33. The molecule has 364 valence electrons. The van der Waals surface area contributed by atoms with E-state index in [0.717, 1.165) is 70.6 Å². The van der Waals surface area contributed by atoms with Crippen molar-refractivity contribution < 1.29 is 24.5 Å². The Hall–Kier alpha value is -1.92. The molecule has 0 aliphatic heterocycles. The lowest BCUT2D eigenvalue weighted by molar-refractivity contribution is -0.151. The molecular weight excluding hydrogens is 767 g/mol. The van der Waals surface area contributed by atoms with Crippen molar-refractivity contribution >= 4 is 11.9 Å². The van der Waals surface area contributed by atoms with Crippen LogP contribution < -0.4 is 5.32 Å². The summed E-state index contributed by atoms with van der Waals surface area (Å²) in [7, 11) is 0. The number of amides is 1. The van der Waals surface area contributed by atoms with Gasteiger partial charge in [-0.3, -0.25) is 9.59 Å². The molecular formula is C56H105NO5. The van der Waals surface area contributed by atoms with E-state index in [1.165, 1.54) is 167 Å². The SMILES string of the molecule is CC/C=C/C=C/C=C\CCCCCC(CC(=O)NC(CO)C(O)CCCCCCCCCCCCCCC)OC(=O)CCCCCCCCCCCCCCCCCCCCC. The topological polar surface area (TPSA) is 95.9 Å². The van der Waals surface area contributed by atoms with Crippen molar-refractivity contribution in [3.05, 3.63) is 36.5 Å². The monoisotopic (exact) mass is 872 g/mol. The standard InChI is InChI=1S/C56H105NO5/c1-4-7-10-13-16-19-22-24-25-26-27-28-29-31-34-37-40-43-46-49-56(61)62-52(47-44-41-38-35-32-21-18-15-12-9-6-3)50-55(60)57-53(51-58)54(59)48-45-42-39-36-33-30-23-20-17-14-11-8-5-2/h9,12,15,18,21,32,52-54,58-59H,4-8,10-11,13-14,16-17,19-20,22-31,33-51H2,1-3H3,(H,57,60)/b12-9+,18-15+,32-21-. The molecule has 0 bridgehead atoms. The summed E-state index contributed by atoms with van der Waals surface area (Å²) in [6.45, 7) is 6.36. The highest BCUT2D eigenvalue weighted by Crippen LogP contribution is 2.18. The molecule has 6 nitrogen and oxygen atoms in total. The normalized spacial score (nSPS) is 13.4. The third kappa shape index (κ3) is 44.7. The first-order valence-electron chi connectivity index (χ1n) is 27.2. The molecule has 0 spiro atoms. The van der Waals surface area contributed by atoms with Crippen LogP contribution in [0.2, 0.25) is 0 Å². The van der Waals surface area contributed by atoms with Gasteiger partial charge in [0, 0.05) is 6.42 Å². The van der Waals surface area contributed by atoms with E-state index in [1.807, 2.05) is 6.08 Å². The van der Waals surface area contributed by atoms with Gasteiger partial charge in [0.25, 0.3) is 0 Å². The average molecular weight is 872 g/mol. The van der Waals surface area contributed by atoms with Crippen LogP contribution in [0.25, 0.3) is 0 Å². The van der Waals surface area contributed by atoms with Crippen LogP contribution in [0.1, 0.15) is 284 Å². The van der Waals surface area contributed by atoms with Crippen molar-refractivity contribution in [3.8, 4) is 0 Å². The van der Waals surface area contributed by atoms with Crippen molar-refractivity contribution in [1.29, 1.82) is 0 Å². The molecule has 3 N–H and O–H groups in total. The number of nitrogens with one attached hydrogen (secondary N) is 1. The van der Waals surface area contributed by atoms with E-state index in [0.29, 0.717) is 19.3 Å². The number of ether oxygens (including phenoxy) is 1. The zero-order valence-corrected chi connectivity index (χ0v) is 41.5. The number of esters is 1. The summed E-state index contributed by atoms with van der Waals surface area (Å²) < 4.78 is 5.92. The van der Waals surface area contributed by atoms with E-state index >= 15 is 0 Å². The zero-order valence-electron chi connectivity index (χ0n) is 41.5. The molecule has 0 fully saturated rings. The van der Waals surface area contributed by atoms with E-state index in [4.69, 9.17) is 4.74 Å². The maximum atomic E-state index is 13.2. The van der Waals surface area contributed by atoms with Crippen molar-refractivity contribution in [3.63, 3.8) is 0 Å². The molecule has 0 radical (unpaired) electrons. The molecule has 3 unspecified atom stereocenters. The molecule has 0 heterocycles. The summed E-state index contributed by atoms with van der Waals surface area (Å²) in [4.78, 5) is 26.1. The number of hydrogen-bond acceptors (Lipinski definition) is 5. The molecule has 0 aliphatic rings. The number of carbonyl (C=O) groups is 2. The van der Waals surface area contributed by atoms with Gasteiger partial charge in [-0.15, -0.1) is 0 Å². The van der Waals surface area contributed by atoms with Crippen LogP contribution in [0.3, 0.4) is 0 Å². The van der Waals surface area contributed by atoms with Crippen molar-refractivity contribution in [2.75, 3.05) is 6.61 Å². The maximum Gasteiger partial charge on any atom is 0.306 e. The summed E-state index contributed by atoms with van der Waals surface area (Å²) >= 11 is 0. The molecule has 0 aliphatic carbocycles. The van der Waals surface area contributed by atoms with Gasteiger partial charge in [-0.1, -0.05) is 263 Å². The summed E-state index contributed by atoms with van der Waals surface area (Å²) in [6, 6.07) is -0.709. The third-order valence-electron chi connectivity index (χ3n) is 12.5. The fraction of sp³-hybridized carbons (Fsp3) is 0.857. The first-order valence-corrected chi connectivity index (χ1v) is 27.2. The second-order valence-electron chi connectivity index (χ2n) is 18.7. The van der Waals surface area contributed by atoms with E-state index in [9.17, 15) is 19.8 Å². The minimum Gasteiger partial charge on any atom is -0.462 e. The molecule has 0 saturated carbocycles. The van der Waals surface area contributed by atoms with Crippen LogP contribution in [0.5, 0.6) is 0 Å². The van der Waals surface area contributed by atoms with Crippen molar-refractivity contribution in [2.24, 2.45) is 0 Å². The van der Waals surface area contributed by atoms with Crippen LogP contribution >= 0.6 is 0 Å². The first kappa shape index (κ1) is 60.1. The molecule has 0 rings (SSSR count). The minimum atomic E-state index is -0.794. The number of aliphatic hydroxyl groups is 2. The largest absolute Gasteiger partial charge is 0.462 e. The lowest BCUT2D eigenvalue weighted by atomic mass is 10.0. The van der Waals surface area contributed by atoms with Gasteiger partial charge in [-0.2, -0.15) is 0 Å². The number of rotatable bonds is 49. The Balaban J connectivity index is 4.46. The molecule has 0 aromatic rings. The lowest BCUT2D eigenvalue weighted by Crippen LogP contribution is -2.46. The Morgan fingerprint density at radius 2 is 0.871 bits per heavy atom. The van der Waals surface area contributed by atoms with Gasteiger partial charge in [-0.25, -0.2) is 0 Å². The molecule has 0 aromatic carbocycles. The van der Waals surface area contributed by atoms with Gasteiger partial charge in [-0.05, 0) is 44.9 Å². The van der Waals surface area contributed by atoms with E-state index in [2.05, 4.69) is 56.5 Å². The summed E-state index contributed by atoms with van der Waals surface area (Å²) in [5.74, 6) is -0.496. The van der Waals surface area contributed by atoms with Crippen molar-refractivity contribution in [1.82, 2.24) is 5.32 Å². The third-order valence-corrected chi connectivity index (χ3v) is 12.5. The number of aliphatic hydroxyl groups excluding tert-OH is 2. The smallest absolute Gasteiger partial charge is 0.306 e. The Labute approximate surface area is 385 Å². The highest BCUT2D eigenvalue weighted by Gasteiger charge is 2.24. The Morgan fingerprint density at radius 1 is 0.484 bits per heavy atom. The van der Waals surface area contributed by atoms with Crippen LogP contribution in [0.15, 0.2) is 36.5 Å². The zero-order chi connectivity index (χ0) is 45.2. The van der Waals surface area contributed by atoms with Gasteiger partial charge in [0.2, 0.25) is 5.91 Å². The number of carbonyl (C=O) groups excluding carboxylic acids is 2.